The molecule has 1 aromatic rings. The number of carbonyl (C=O) groups is 1. The molecule has 1 heterocycles. The molecule has 0 bridgehead atoms. The van der Waals surface area contributed by atoms with E-state index in [2.05, 4.69) is 10.3 Å². The molecule has 0 spiro atoms. The van der Waals surface area contributed by atoms with Crippen LogP contribution in [0.3, 0.4) is 0 Å². The minimum Gasteiger partial charge on any atom is -0.388 e. The van der Waals surface area contributed by atoms with Crippen LogP contribution in [0.25, 0.3) is 0 Å². The SMILES string of the molecule is CCC(C)C(C)(O)CNC(=O)Cc1cccnc1. The summed E-state index contributed by atoms with van der Waals surface area (Å²) in [5.41, 5.74) is 0.0116. The summed E-state index contributed by atoms with van der Waals surface area (Å²) in [5.74, 6) is 0.0581. The van der Waals surface area contributed by atoms with Crippen molar-refractivity contribution < 1.29 is 9.90 Å². The first-order chi connectivity index (χ1) is 8.45. The van der Waals surface area contributed by atoms with Crippen molar-refractivity contribution in [3.8, 4) is 0 Å². The van der Waals surface area contributed by atoms with E-state index in [1.54, 1.807) is 25.4 Å². The lowest BCUT2D eigenvalue weighted by molar-refractivity contribution is -0.122. The summed E-state index contributed by atoms with van der Waals surface area (Å²) in [6.07, 6.45) is 4.53. The van der Waals surface area contributed by atoms with Gasteiger partial charge in [0, 0.05) is 18.9 Å². The molecule has 0 aliphatic carbocycles. The van der Waals surface area contributed by atoms with E-state index in [1.165, 1.54) is 0 Å². The zero-order chi connectivity index (χ0) is 13.6. The fourth-order valence-corrected chi connectivity index (χ4v) is 1.64. The van der Waals surface area contributed by atoms with Crippen LogP contribution in [0.4, 0.5) is 0 Å². The van der Waals surface area contributed by atoms with Crippen LogP contribution in [0.1, 0.15) is 32.8 Å². The Bertz CT molecular complexity index is 377. The highest BCUT2D eigenvalue weighted by molar-refractivity contribution is 5.78. The van der Waals surface area contributed by atoms with Gasteiger partial charge in [0.05, 0.1) is 12.0 Å². The topological polar surface area (TPSA) is 62.2 Å². The average Bonchev–Trinajstić information content (AvgIpc) is 2.36. The standard InChI is InChI=1S/C14H22N2O2/c1-4-11(2)14(3,18)10-16-13(17)8-12-6-5-7-15-9-12/h5-7,9,11,18H,4,8,10H2,1-3H3,(H,16,17). The van der Waals surface area contributed by atoms with Gasteiger partial charge in [0.25, 0.3) is 0 Å². The number of carbonyl (C=O) groups excluding carboxylic acids is 1. The van der Waals surface area contributed by atoms with E-state index in [0.717, 1.165) is 12.0 Å². The molecule has 0 radical (unpaired) electrons. The van der Waals surface area contributed by atoms with Crippen molar-refractivity contribution in [1.29, 1.82) is 0 Å². The van der Waals surface area contributed by atoms with E-state index in [-0.39, 0.29) is 18.4 Å². The third-order valence-electron chi connectivity index (χ3n) is 3.40. The second kappa shape index (κ2) is 6.50. The zero-order valence-electron chi connectivity index (χ0n) is 11.3. The Hall–Kier alpha value is -1.42. The Morgan fingerprint density at radius 1 is 1.61 bits per heavy atom. The zero-order valence-corrected chi connectivity index (χ0v) is 11.3. The minimum absolute atomic E-state index is 0.0911. The predicted molar refractivity (Wildman–Crippen MR) is 71.0 cm³/mol. The van der Waals surface area contributed by atoms with Gasteiger partial charge in [-0.05, 0) is 24.5 Å². The highest BCUT2D eigenvalue weighted by Crippen LogP contribution is 2.18. The molecule has 4 nitrogen and oxygen atoms in total. The Kier molecular flexibility index (Phi) is 5.28. The van der Waals surface area contributed by atoms with Crippen LogP contribution in [0, 0.1) is 5.92 Å². The number of aromatic nitrogens is 1. The van der Waals surface area contributed by atoms with Crippen molar-refractivity contribution in [3.05, 3.63) is 30.1 Å². The first-order valence-electron chi connectivity index (χ1n) is 6.33. The summed E-state index contributed by atoms with van der Waals surface area (Å²) in [4.78, 5) is 15.7. The Morgan fingerprint density at radius 3 is 2.89 bits per heavy atom. The van der Waals surface area contributed by atoms with Gasteiger partial charge in [0.1, 0.15) is 0 Å². The Labute approximate surface area is 108 Å². The van der Waals surface area contributed by atoms with Gasteiger partial charge in [0.2, 0.25) is 5.91 Å². The van der Waals surface area contributed by atoms with Crippen molar-refractivity contribution in [3.63, 3.8) is 0 Å². The number of pyridine rings is 1. The number of amides is 1. The van der Waals surface area contributed by atoms with E-state index < -0.39 is 5.60 Å². The van der Waals surface area contributed by atoms with Crippen LogP contribution in [0.2, 0.25) is 0 Å². The monoisotopic (exact) mass is 250 g/mol. The molecule has 0 aliphatic heterocycles. The maximum atomic E-state index is 11.7. The highest BCUT2D eigenvalue weighted by atomic mass is 16.3. The molecular formula is C14H22N2O2. The molecule has 0 aliphatic rings. The quantitative estimate of drug-likeness (QED) is 0.805. The van der Waals surface area contributed by atoms with Gasteiger partial charge in [0.15, 0.2) is 0 Å². The maximum absolute atomic E-state index is 11.7. The molecule has 0 fully saturated rings. The summed E-state index contributed by atoms with van der Waals surface area (Å²) in [6, 6.07) is 3.66. The number of nitrogens with one attached hydrogen (secondary N) is 1. The molecule has 4 heteroatoms. The van der Waals surface area contributed by atoms with Gasteiger partial charge in [-0.2, -0.15) is 0 Å². The fraction of sp³-hybridized carbons (Fsp3) is 0.571. The van der Waals surface area contributed by atoms with Crippen LogP contribution < -0.4 is 5.32 Å². The molecule has 2 atom stereocenters. The summed E-state index contributed by atoms with van der Waals surface area (Å²) in [7, 11) is 0. The Balaban J connectivity index is 2.42. The summed E-state index contributed by atoms with van der Waals surface area (Å²) >= 11 is 0. The predicted octanol–water partition coefficient (Wildman–Crippen LogP) is 1.54. The molecule has 0 saturated carbocycles. The largest absolute Gasteiger partial charge is 0.388 e. The van der Waals surface area contributed by atoms with Gasteiger partial charge < -0.3 is 10.4 Å². The van der Waals surface area contributed by atoms with E-state index in [4.69, 9.17) is 0 Å². The maximum Gasteiger partial charge on any atom is 0.224 e. The smallest absolute Gasteiger partial charge is 0.224 e. The van der Waals surface area contributed by atoms with Crippen LogP contribution in [-0.4, -0.2) is 28.1 Å². The number of aliphatic hydroxyl groups is 1. The minimum atomic E-state index is -0.862. The molecule has 1 rings (SSSR count). The summed E-state index contributed by atoms with van der Waals surface area (Å²) in [6.45, 7) is 6.04. The molecule has 2 N–H and O–H groups in total. The first kappa shape index (κ1) is 14.6. The number of hydrogen-bond donors (Lipinski definition) is 2. The molecule has 0 saturated heterocycles. The number of nitrogens with zero attached hydrogens (tertiary/aromatic N) is 1. The number of rotatable bonds is 6. The lowest BCUT2D eigenvalue weighted by Crippen LogP contribution is -2.45. The molecule has 1 aromatic heterocycles. The van der Waals surface area contributed by atoms with Crippen molar-refractivity contribution >= 4 is 5.91 Å². The van der Waals surface area contributed by atoms with Crippen LogP contribution in [0.5, 0.6) is 0 Å². The molecular weight excluding hydrogens is 228 g/mol. The molecule has 1 amide bonds. The van der Waals surface area contributed by atoms with Gasteiger partial charge in [-0.3, -0.25) is 9.78 Å². The first-order valence-corrected chi connectivity index (χ1v) is 6.33. The van der Waals surface area contributed by atoms with Gasteiger partial charge >= 0.3 is 0 Å². The normalized spacial score (nSPS) is 15.8. The third kappa shape index (κ3) is 4.45. The second-order valence-electron chi connectivity index (χ2n) is 4.98. The van der Waals surface area contributed by atoms with E-state index in [1.807, 2.05) is 19.9 Å². The number of hydrogen-bond acceptors (Lipinski definition) is 3. The molecule has 2 unspecified atom stereocenters. The summed E-state index contributed by atoms with van der Waals surface area (Å²) in [5, 5.41) is 12.9. The van der Waals surface area contributed by atoms with Crippen LogP contribution >= 0.6 is 0 Å². The highest BCUT2D eigenvalue weighted by Gasteiger charge is 2.27. The third-order valence-corrected chi connectivity index (χ3v) is 3.40. The van der Waals surface area contributed by atoms with E-state index in [9.17, 15) is 9.90 Å². The average molecular weight is 250 g/mol. The molecule has 18 heavy (non-hydrogen) atoms. The van der Waals surface area contributed by atoms with Crippen LogP contribution in [0.15, 0.2) is 24.5 Å². The van der Waals surface area contributed by atoms with Crippen molar-refractivity contribution in [2.75, 3.05) is 6.54 Å². The van der Waals surface area contributed by atoms with E-state index >= 15 is 0 Å². The van der Waals surface area contributed by atoms with Gasteiger partial charge in [-0.1, -0.05) is 26.3 Å². The van der Waals surface area contributed by atoms with Crippen molar-refractivity contribution in [2.24, 2.45) is 5.92 Å². The van der Waals surface area contributed by atoms with Gasteiger partial charge in [-0.15, -0.1) is 0 Å². The van der Waals surface area contributed by atoms with Crippen LogP contribution in [-0.2, 0) is 11.2 Å². The molecule has 100 valence electrons. The Morgan fingerprint density at radius 2 is 2.33 bits per heavy atom. The molecule has 0 aromatic carbocycles. The van der Waals surface area contributed by atoms with Gasteiger partial charge in [-0.25, -0.2) is 0 Å². The second-order valence-corrected chi connectivity index (χ2v) is 4.98. The lowest BCUT2D eigenvalue weighted by Gasteiger charge is -2.29. The van der Waals surface area contributed by atoms with Crippen molar-refractivity contribution in [2.45, 2.75) is 39.2 Å². The lowest BCUT2D eigenvalue weighted by atomic mass is 9.88. The van der Waals surface area contributed by atoms with Crippen molar-refractivity contribution in [1.82, 2.24) is 10.3 Å². The summed E-state index contributed by atoms with van der Waals surface area (Å²) < 4.78 is 0. The van der Waals surface area contributed by atoms with E-state index in [0.29, 0.717) is 6.42 Å². The fourth-order valence-electron chi connectivity index (χ4n) is 1.64.